The van der Waals surface area contributed by atoms with Crippen LogP contribution in [0.4, 0.5) is 10.6 Å². The van der Waals surface area contributed by atoms with Crippen molar-refractivity contribution in [3.8, 4) is 0 Å². The summed E-state index contributed by atoms with van der Waals surface area (Å²) in [5.41, 5.74) is 1.38. The van der Waals surface area contributed by atoms with Gasteiger partial charge in [-0.05, 0) is 18.0 Å². The molecular formula is C15H19ClN6O3. The fourth-order valence-electron chi connectivity index (χ4n) is 3.54. The van der Waals surface area contributed by atoms with Crippen LogP contribution in [0.5, 0.6) is 0 Å². The third-order valence-electron chi connectivity index (χ3n) is 4.84. The van der Waals surface area contributed by atoms with Gasteiger partial charge in [0.15, 0.2) is 17.0 Å². The van der Waals surface area contributed by atoms with Gasteiger partial charge in [-0.25, -0.2) is 9.78 Å². The van der Waals surface area contributed by atoms with Crippen LogP contribution < -0.4 is 4.90 Å². The number of imidazole rings is 1. The number of carbonyl (C=O) groups is 1. The van der Waals surface area contributed by atoms with Crippen LogP contribution in [-0.4, -0.2) is 75.0 Å². The number of anilines is 1. The summed E-state index contributed by atoms with van der Waals surface area (Å²) < 4.78 is 7.31. The standard InChI is InChI=1S/C15H19ClN6O3/c1-20-11(9-2-3-22(8-9)15(23)24)17-10-12(20)18-14(16)19-13(10)21-4-6-25-7-5-21/h9H,2-8H2,1H3,(H,23,24). The van der Waals surface area contributed by atoms with Crippen molar-refractivity contribution in [1.82, 2.24) is 24.4 Å². The molecule has 25 heavy (non-hydrogen) atoms. The summed E-state index contributed by atoms with van der Waals surface area (Å²) in [4.78, 5) is 28.2. The molecule has 2 aromatic rings. The maximum Gasteiger partial charge on any atom is 0.407 e. The Morgan fingerprint density at radius 3 is 2.68 bits per heavy atom. The van der Waals surface area contributed by atoms with Crippen molar-refractivity contribution >= 4 is 34.7 Å². The number of ether oxygens (including phenoxy) is 1. The van der Waals surface area contributed by atoms with Gasteiger partial charge in [-0.2, -0.15) is 9.97 Å². The number of fused-ring (bicyclic) bond motifs is 1. The summed E-state index contributed by atoms with van der Waals surface area (Å²) in [7, 11) is 1.89. The average molecular weight is 367 g/mol. The highest BCUT2D eigenvalue weighted by Gasteiger charge is 2.31. The molecule has 2 aliphatic rings. The van der Waals surface area contributed by atoms with Crippen molar-refractivity contribution in [3.05, 3.63) is 11.1 Å². The van der Waals surface area contributed by atoms with Crippen LogP contribution in [0.3, 0.4) is 0 Å². The zero-order chi connectivity index (χ0) is 17.6. The Morgan fingerprint density at radius 1 is 1.24 bits per heavy atom. The summed E-state index contributed by atoms with van der Waals surface area (Å²) in [6.45, 7) is 3.69. The second-order valence-electron chi connectivity index (χ2n) is 6.33. The van der Waals surface area contributed by atoms with Gasteiger partial charge in [-0.1, -0.05) is 0 Å². The van der Waals surface area contributed by atoms with E-state index in [1.165, 1.54) is 4.90 Å². The third kappa shape index (κ3) is 2.87. The van der Waals surface area contributed by atoms with Crippen molar-refractivity contribution in [2.75, 3.05) is 44.3 Å². The van der Waals surface area contributed by atoms with Gasteiger partial charge in [0.25, 0.3) is 0 Å². The zero-order valence-corrected chi connectivity index (χ0v) is 14.6. The van der Waals surface area contributed by atoms with Crippen LogP contribution >= 0.6 is 11.6 Å². The van der Waals surface area contributed by atoms with Crippen LogP contribution in [-0.2, 0) is 11.8 Å². The highest BCUT2D eigenvalue weighted by molar-refractivity contribution is 6.28. The number of morpholine rings is 1. The van der Waals surface area contributed by atoms with E-state index in [-0.39, 0.29) is 11.2 Å². The molecule has 2 aromatic heterocycles. The van der Waals surface area contributed by atoms with Gasteiger partial charge in [0.05, 0.1) is 13.2 Å². The molecule has 134 valence electrons. The predicted molar refractivity (Wildman–Crippen MR) is 91.3 cm³/mol. The average Bonchev–Trinajstić information content (AvgIpc) is 3.21. The minimum absolute atomic E-state index is 0.0478. The number of aryl methyl sites for hydroxylation is 1. The molecule has 4 heterocycles. The molecule has 0 aliphatic carbocycles. The van der Waals surface area contributed by atoms with Crippen LogP contribution in [0, 0.1) is 0 Å². The van der Waals surface area contributed by atoms with Crippen molar-refractivity contribution in [2.45, 2.75) is 12.3 Å². The first-order valence-electron chi connectivity index (χ1n) is 8.25. The van der Waals surface area contributed by atoms with Crippen LogP contribution in [0.15, 0.2) is 0 Å². The predicted octanol–water partition coefficient (Wildman–Crippen LogP) is 1.32. The molecular weight excluding hydrogens is 348 g/mol. The molecule has 1 unspecified atom stereocenters. The number of amides is 1. The van der Waals surface area contributed by atoms with Gasteiger partial charge < -0.3 is 24.2 Å². The number of carboxylic acid groups (broad SMARTS) is 1. The zero-order valence-electron chi connectivity index (χ0n) is 13.9. The molecule has 2 saturated heterocycles. The molecule has 1 amide bonds. The Morgan fingerprint density at radius 2 is 2.00 bits per heavy atom. The van der Waals surface area contributed by atoms with E-state index in [9.17, 15) is 9.90 Å². The number of hydrogen-bond acceptors (Lipinski definition) is 6. The second kappa shape index (κ2) is 6.30. The van der Waals surface area contributed by atoms with Gasteiger partial charge in [0.2, 0.25) is 5.28 Å². The normalized spacial score (nSPS) is 21.3. The lowest BCUT2D eigenvalue weighted by Crippen LogP contribution is -2.37. The van der Waals surface area contributed by atoms with E-state index in [1.807, 2.05) is 11.6 Å². The van der Waals surface area contributed by atoms with Crippen LogP contribution in [0.1, 0.15) is 18.2 Å². The topological polar surface area (TPSA) is 96.6 Å². The fraction of sp³-hybridized carbons (Fsp3) is 0.600. The number of hydrogen-bond donors (Lipinski definition) is 1. The SMILES string of the molecule is Cn1c(C2CCN(C(=O)O)C2)nc2c(N3CCOCC3)nc(Cl)nc21. The van der Waals surface area contributed by atoms with E-state index >= 15 is 0 Å². The molecule has 0 radical (unpaired) electrons. The number of halogens is 1. The van der Waals surface area contributed by atoms with E-state index < -0.39 is 6.09 Å². The van der Waals surface area contributed by atoms with E-state index in [2.05, 4.69) is 14.9 Å². The van der Waals surface area contributed by atoms with Gasteiger partial charge in [0.1, 0.15) is 5.82 Å². The van der Waals surface area contributed by atoms with Crippen molar-refractivity contribution < 1.29 is 14.6 Å². The molecule has 1 atom stereocenters. The largest absolute Gasteiger partial charge is 0.465 e. The van der Waals surface area contributed by atoms with E-state index in [0.29, 0.717) is 43.3 Å². The Hall–Kier alpha value is -2.13. The summed E-state index contributed by atoms with van der Waals surface area (Å²) >= 11 is 6.14. The smallest absolute Gasteiger partial charge is 0.407 e. The Bertz CT molecular complexity index is 819. The fourth-order valence-corrected chi connectivity index (χ4v) is 3.70. The van der Waals surface area contributed by atoms with E-state index in [1.54, 1.807) is 0 Å². The van der Waals surface area contributed by atoms with Gasteiger partial charge in [-0.3, -0.25) is 0 Å². The Kier molecular flexibility index (Phi) is 4.12. The van der Waals surface area contributed by atoms with Crippen LogP contribution in [0.2, 0.25) is 5.28 Å². The molecule has 2 fully saturated rings. The summed E-state index contributed by atoms with van der Waals surface area (Å²) in [5.74, 6) is 1.59. The van der Waals surface area contributed by atoms with Gasteiger partial charge in [0, 0.05) is 39.1 Å². The van der Waals surface area contributed by atoms with Crippen molar-refractivity contribution in [2.24, 2.45) is 7.05 Å². The molecule has 1 N–H and O–H groups in total. The number of rotatable bonds is 2. The maximum atomic E-state index is 11.2. The minimum atomic E-state index is -0.891. The number of nitrogens with zero attached hydrogens (tertiary/aromatic N) is 6. The van der Waals surface area contributed by atoms with Crippen molar-refractivity contribution in [1.29, 1.82) is 0 Å². The number of aromatic nitrogens is 4. The molecule has 0 bridgehead atoms. The lowest BCUT2D eigenvalue weighted by atomic mass is 10.1. The minimum Gasteiger partial charge on any atom is -0.465 e. The molecule has 4 rings (SSSR count). The Labute approximate surface area is 149 Å². The lowest BCUT2D eigenvalue weighted by molar-refractivity contribution is 0.122. The van der Waals surface area contributed by atoms with Gasteiger partial charge >= 0.3 is 6.09 Å². The molecule has 2 aliphatic heterocycles. The lowest BCUT2D eigenvalue weighted by Gasteiger charge is -2.27. The summed E-state index contributed by atoms with van der Waals surface area (Å²) in [6, 6.07) is 0. The van der Waals surface area contributed by atoms with Crippen LogP contribution in [0.25, 0.3) is 11.2 Å². The first-order chi connectivity index (χ1) is 12.0. The summed E-state index contributed by atoms with van der Waals surface area (Å²) in [5, 5.41) is 9.36. The highest BCUT2D eigenvalue weighted by Crippen LogP contribution is 2.32. The molecule has 0 aromatic carbocycles. The number of likely N-dealkylation sites (tertiary alicyclic amines) is 1. The molecule has 9 nitrogen and oxygen atoms in total. The van der Waals surface area contributed by atoms with E-state index in [0.717, 1.165) is 25.3 Å². The molecule has 10 heteroatoms. The third-order valence-corrected chi connectivity index (χ3v) is 5.01. The summed E-state index contributed by atoms with van der Waals surface area (Å²) in [6.07, 6.45) is -0.143. The Balaban J connectivity index is 1.75. The monoisotopic (exact) mass is 366 g/mol. The first-order valence-corrected chi connectivity index (χ1v) is 8.63. The maximum absolute atomic E-state index is 11.2. The molecule has 0 spiro atoms. The van der Waals surface area contributed by atoms with E-state index in [4.69, 9.17) is 21.3 Å². The highest BCUT2D eigenvalue weighted by atomic mass is 35.5. The van der Waals surface area contributed by atoms with Crippen molar-refractivity contribution in [3.63, 3.8) is 0 Å². The molecule has 0 saturated carbocycles. The first kappa shape index (κ1) is 16.3. The second-order valence-corrected chi connectivity index (χ2v) is 6.67. The van der Waals surface area contributed by atoms with Gasteiger partial charge in [-0.15, -0.1) is 0 Å². The quantitative estimate of drug-likeness (QED) is 0.800.